The Morgan fingerprint density at radius 3 is 2.82 bits per heavy atom. The summed E-state index contributed by atoms with van der Waals surface area (Å²) in [5.41, 5.74) is 0. The Balaban J connectivity index is 2.07. The highest BCUT2D eigenvalue weighted by molar-refractivity contribution is 4.64. The van der Waals surface area contributed by atoms with Gasteiger partial charge < -0.3 is 9.84 Å². The van der Waals surface area contributed by atoms with Gasteiger partial charge in [0.25, 0.3) is 0 Å². The van der Waals surface area contributed by atoms with E-state index < -0.39 is 6.29 Å². The summed E-state index contributed by atoms with van der Waals surface area (Å²) in [4.78, 5) is 0. The molecule has 1 N–H and O–H groups in total. The molecule has 0 radical (unpaired) electrons. The lowest BCUT2D eigenvalue weighted by molar-refractivity contribution is -0.141. The first-order chi connectivity index (χ1) is 5.33. The van der Waals surface area contributed by atoms with E-state index in [0.717, 1.165) is 19.4 Å². The Kier molecular flexibility index (Phi) is 3.87. The van der Waals surface area contributed by atoms with E-state index in [9.17, 15) is 0 Å². The summed E-state index contributed by atoms with van der Waals surface area (Å²) in [6, 6.07) is 0. The topological polar surface area (TPSA) is 29.5 Å². The molecule has 2 nitrogen and oxygen atoms in total. The standard InChI is InChI=1S/C9H18O2/c1-2-3-4-8-5-6-9(10)11-7-8/h8-10H,2-7H2,1H3. The lowest BCUT2D eigenvalue weighted by Gasteiger charge is -2.25. The normalized spacial score (nSPS) is 32.2. The molecule has 2 unspecified atom stereocenters. The SMILES string of the molecule is CCCCC1CCC(O)OC1. The average Bonchev–Trinajstić information content (AvgIpc) is 2.04. The lowest BCUT2D eigenvalue weighted by Crippen LogP contribution is -2.25. The van der Waals surface area contributed by atoms with Crippen LogP contribution in [-0.4, -0.2) is 18.0 Å². The van der Waals surface area contributed by atoms with E-state index in [1.807, 2.05) is 0 Å². The Morgan fingerprint density at radius 1 is 1.45 bits per heavy atom. The number of ether oxygens (including phenoxy) is 1. The third-order valence-electron chi connectivity index (χ3n) is 2.31. The van der Waals surface area contributed by atoms with Gasteiger partial charge in [0.15, 0.2) is 6.29 Å². The number of aliphatic hydroxyl groups is 1. The highest BCUT2D eigenvalue weighted by atomic mass is 16.6. The van der Waals surface area contributed by atoms with Crippen molar-refractivity contribution in [2.75, 3.05) is 6.61 Å². The molecule has 0 aromatic heterocycles. The van der Waals surface area contributed by atoms with Gasteiger partial charge in [-0.05, 0) is 25.2 Å². The molecular formula is C9H18O2. The van der Waals surface area contributed by atoms with Gasteiger partial charge in [-0.2, -0.15) is 0 Å². The Labute approximate surface area is 68.6 Å². The van der Waals surface area contributed by atoms with Gasteiger partial charge in [-0.25, -0.2) is 0 Å². The van der Waals surface area contributed by atoms with Gasteiger partial charge in [-0.15, -0.1) is 0 Å². The molecule has 66 valence electrons. The van der Waals surface area contributed by atoms with Crippen molar-refractivity contribution in [2.45, 2.75) is 45.3 Å². The molecule has 2 heteroatoms. The zero-order chi connectivity index (χ0) is 8.10. The van der Waals surface area contributed by atoms with E-state index in [2.05, 4.69) is 6.92 Å². The number of unbranched alkanes of at least 4 members (excludes halogenated alkanes) is 1. The zero-order valence-electron chi connectivity index (χ0n) is 7.25. The van der Waals surface area contributed by atoms with Crippen LogP contribution < -0.4 is 0 Å². The molecule has 11 heavy (non-hydrogen) atoms. The van der Waals surface area contributed by atoms with Crippen LogP contribution in [0.1, 0.15) is 39.0 Å². The van der Waals surface area contributed by atoms with Crippen molar-refractivity contribution in [3.63, 3.8) is 0 Å². The third kappa shape index (κ3) is 3.21. The number of hydrogen-bond acceptors (Lipinski definition) is 2. The first kappa shape index (κ1) is 9.01. The van der Waals surface area contributed by atoms with Gasteiger partial charge in [-0.1, -0.05) is 19.8 Å². The molecule has 0 bridgehead atoms. The molecule has 1 rings (SSSR count). The highest BCUT2D eigenvalue weighted by Crippen LogP contribution is 2.21. The van der Waals surface area contributed by atoms with E-state index in [0.29, 0.717) is 5.92 Å². The summed E-state index contributed by atoms with van der Waals surface area (Å²) >= 11 is 0. The second-order valence-corrected chi connectivity index (χ2v) is 3.37. The average molecular weight is 158 g/mol. The van der Waals surface area contributed by atoms with Gasteiger partial charge in [0.2, 0.25) is 0 Å². The summed E-state index contributed by atoms with van der Waals surface area (Å²) in [7, 11) is 0. The Hall–Kier alpha value is -0.0800. The third-order valence-corrected chi connectivity index (χ3v) is 2.31. The molecule has 2 atom stereocenters. The van der Waals surface area contributed by atoms with E-state index in [1.165, 1.54) is 19.3 Å². The van der Waals surface area contributed by atoms with Crippen molar-refractivity contribution in [2.24, 2.45) is 5.92 Å². The van der Waals surface area contributed by atoms with Crippen LogP contribution in [0.5, 0.6) is 0 Å². The van der Waals surface area contributed by atoms with Crippen molar-refractivity contribution < 1.29 is 9.84 Å². The van der Waals surface area contributed by atoms with E-state index >= 15 is 0 Å². The fourth-order valence-electron chi connectivity index (χ4n) is 1.51. The van der Waals surface area contributed by atoms with Crippen molar-refractivity contribution in [3.8, 4) is 0 Å². The van der Waals surface area contributed by atoms with Gasteiger partial charge in [-0.3, -0.25) is 0 Å². The Bertz CT molecular complexity index is 93.0. The van der Waals surface area contributed by atoms with E-state index in [1.54, 1.807) is 0 Å². The lowest BCUT2D eigenvalue weighted by atomic mass is 9.96. The fourth-order valence-corrected chi connectivity index (χ4v) is 1.51. The Morgan fingerprint density at radius 2 is 2.27 bits per heavy atom. The summed E-state index contributed by atoms with van der Waals surface area (Å²) < 4.78 is 5.14. The van der Waals surface area contributed by atoms with Gasteiger partial charge in [0, 0.05) is 0 Å². The molecule has 0 amide bonds. The minimum atomic E-state index is -0.479. The van der Waals surface area contributed by atoms with Crippen molar-refractivity contribution in [1.29, 1.82) is 0 Å². The van der Waals surface area contributed by atoms with Gasteiger partial charge >= 0.3 is 0 Å². The number of aliphatic hydroxyl groups excluding tert-OH is 1. The minimum absolute atomic E-state index is 0.479. The molecular weight excluding hydrogens is 140 g/mol. The first-order valence-electron chi connectivity index (χ1n) is 4.62. The first-order valence-corrected chi connectivity index (χ1v) is 4.62. The van der Waals surface area contributed by atoms with Crippen molar-refractivity contribution >= 4 is 0 Å². The number of rotatable bonds is 3. The van der Waals surface area contributed by atoms with Crippen LogP contribution in [0, 0.1) is 5.92 Å². The van der Waals surface area contributed by atoms with Crippen molar-refractivity contribution in [1.82, 2.24) is 0 Å². The minimum Gasteiger partial charge on any atom is -0.368 e. The maximum Gasteiger partial charge on any atom is 0.154 e. The van der Waals surface area contributed by atoms with Gasteiger partial charge in [0.05, 0.1) is 6.61 Å². The maximum absolute atomic E-state index is 9.03. The molecule has 1 fully saturated rings. The monoisotopic (exact) mass is 158 g/mol. The summed E-state index contributed by atoms with van der Waals surface area (Å²) in [6.45, 7) is 2.97. The van der Waals surface area contributed by atoms with Crippen LogP contribution >= 0.6 is 0 Å². The largest absolute Gasteiger partial charge is 0.368 e. The molecule has 0 spiro atoms. The molecule has 0 aromatic carbocycles. The fraction of sp³-hybridized carbons (Fsp3) is 1.00. The van der Waals surface area contributed by atoms with Crippen LogP contribution in [0.15, 0.2) is 0 Å². The zero-order valence-corrected chi connectivity index (χ0v) is 7.25. The smallest absolute Gasteiger partial charge is 0.154 e. The quantitative estimate of drug-likeness (QED) is 0.680. The second-order valence-electron chi connectivity index (χ2n) is 3.37. The molecule has 0 aliphatic carbocycles. The van der Waals surface area contributed by atoms with E-state index in [4.69, 9.17) is 9.84 Å². The maximum atomic E-state index is 9.03. The van der Waals surface area contributed by atoms with Crippen LogP contribution in [0.4, 0.5) is 0 Å². The predicted molar refractivity (Wildman–Crippen MR) is 44.2 cm³/mol. The van der Waals surface area contributed by atoms with Crippen LogP contribution in [0.3, 0.4) is 0 Å². The summed E-state index contributed by atoms with van der Waals surface area (Å²) in [5, 5.41) is 9.03. The second kappa shape index (κ2) is 4.73. The summed E-state index contributed by atoms with van der Waals surface area (Å²) in [5.74, 6) is 0.707. The molecule has 1 aliphatic heterocycles. The molecule has 1 saturated heterocycles. The van der Waals surface area contributed by atoms with Crippen LogP contribution in [0.2, 0.25) is 0 Å². The molecule has 1 heterocycles. The summed E-state index contributed by atoms with van der Waals surface area (Å²) in [6.07, 6.45) is 5.31. The van der Waals surface area contributed by atoms with Crippen molar-refractivity contribution in [3.05, 3.63) is 0 Å². The van der Waals surface area contributed by atoms with Crippen LogP contribution in [0.25, 0.3) is 0 Å². The highest BCUT2D eigenvalue weighted by Gasteiger charge is 2.18. The van der Waals surface area contributed by atoms with Gasteiger partial charge in [0.1, 0.15) is 0 Å². The van der Waals surface area contributed by atoms with Crippen LogP contribution in [-0.2, 0) is 4.74 Å². The molecule has 1 aliphatic rings. The molecule has 0 aromatic rings. The van der Waals surface area contributed by atoms with E-state index in [-0.39, 0.29) is 0 Å². The molecule has 0 saturated carbocycles. The number of hydrogen-bond donors (Lipinski definition) is 1. The predicted octanol–water partition coefficient (Wildman–Crippen LogP) is 1.92.